The third-order valence-corrected chi connectivity index (χ3v) is 2.77. The number of nitrogens with zero attached hydrogens (tertiary/aromatic N) is 1. The number of carboxylic acid groups (broad SMARTS) is 1. The van der Waals surface area contributed by atoms with Crippen LogP contribution in [-0.4, -0.2) is 22.1 Å². The van der Waals surface area contributed by atoms with Crippen LogP contribution in [0.15, 0.2) is 11.6 Å². The molecule has 0 saturated heterocycles. The highest BCUT2D eigenvalue weighted by molar-refractivity contribution is 7.09. The van der Waals surface area contributed by atoms with Crippen molar-refractivity contribution in [2.75, 3.05) is 0 Å². The summed E-state index contributed by atoms with van der Waals surface area (Å²) in [4.78, 5) is 15.0. The van der Waals surface area contributed by atoms with E-state index in [1.54, 1.807) is 6.20 Å². The van der Waals surface area contributed by atoms with Crippen molar-refractivity contribution in [3.05, 3.63) is 16.6 Å². The van der Waals surface area contributed by atoms with E-state index in [2.05, 4.69) is 10.3 Å². The van der Waals surface area contributed by atoms with Gasteiger partial charge in [0.25, 0.3) is 0 Å². The Bertz CT molecular complexity index is 298. The zero-order chi connectivity index (χ0) is 11.3. The Hall–Kier alpha value is -0.940. The zero-order valence-corrected chi connectivity index (χ0v) is 9.75. The molecule has 15 heavy (non-hydrogen) atoms. The highest BCUT2D eigenvalue weighted by atomic mass is 32.1. The molecule has 0 bridgehead atoms. The van der Waals surface area contributed by atoms with E-state index in [1.165, 1.54) is 11.3 Å². The van der Waals surface area contributed by atoms with Gasteiger partial charge >= 0.3 is 5.97 Å². The summed E-state index contributed by atoms with van der Waals surface area (Å²) in [5, 5.41) is 14.8. The molecular formula is C10H16N2O2S. The molecule has 1 aromatic rings. The summed E-state index contributed by atoms with van der Waals surface area (Å²) in [6.07, 6.45) is 2.36. The summed E-state index contributed by atoms with van der Waals surface area (Å²) < 4.78 is 0. The van der Waals surface area contributed by atoms with Crippen LogP contribution in [0.25, 0.3) is 0 Å². The van der Waals surface area contributed by atoms with Crippen molar-refractivity contribution in [3.63, 3.8) is 0 Å². The fourth-order valence-corrected chi connectivity index (χ4v) is 1.86. The van der Waals surface area contributed by atoms with Crippen molar-refractivity contribution in [3.8, 4) is 0 Å². The van der Waals surface area contributed by atoms with Gasteiger partial charge in [-0.1, -0.05) is 13.8 Å². The number of carbonyl (C=O) groups is 1. The van der Waals surface area contributed by atoms with Crippen molar-refractivity contribution in [1.29, 1.82) is 0 Å². The van der Waals surface area contributed by atoms with E-state index >= 15 is 0 Å². The zero-order valence-electron chi connectivity index (χ0n) is 8.93. The minimum atomic E-state index is -0.791. The number of hydrogen-bond donors (Lipinski definition) is 2. The Balaban J connectivity index is 2.41. The van der Waals surface area contributed by atoms with Crippen LogP contribution < -0.4 is 5.32 Å². The van der Waals surface area contributed by atoms with Crippen molar-refractivity contribution in [2.45, 2.75) is 32.9 Å². The van der Waals surface area contributed by atoms with Gasteiger partial charge in [-0.25, -0.2) is 4.98 Å². The summed E-state index contributed by atoms with van der Waals surface area (Å²) in [5.74, 6) is -0.421. The molecule has 1 heterocycles. The quantitative estimate of drug-likeness (QED) is 0.778. The van der Waals surface area contributed by atoms with E-state index in [0.29, 0.717) is 18.9 Å². The van der Waals surface area contributed by atoms with E-state index in [-0.39, 0.29) is 0 Å². The van der Waals surface area contributed by atoms with Gasteiger partial charge in [-0.3, -0.25) is 10.1 Å². The minimum Gasteiger partial charge on any atom is -0.480 e. The smallest absolute Gasteiger partial charge is 0.320 e. The first-order valence-electron chi connectivity index (χ1n) is 4.94. The number of aromatic nitrogens is 1. The molecule has 0 spiro atoms. The average molecular weight is 228 g/mol. The molecule has 84 valence electrons. The van der Waals surface area contributed by atoms with Crippen LogP contribution in [0.4, 0.5) is 0 Å². The van der Waals surface area contributed by atoms with Gasteiger partial charge in [0.2, 0.25) is 0 Å². The van der Waals surface area contributed by atoms with Crippen LogP contribution in [0.1, 0.15) is 25.3 Å². The van der Waals surface area contributed by atoms with Crippen molar-refractivity contribution < 1.29 is 9.90 Å². The van der Waals surface area contributed by atoms with Gasteiger partial charge in [0.15, 0.2) is 0 Å². The molecule has 0 radical (unpaired) electrons. The van der Waals surface area contributed by atoms with Gasteiger partial charge in [-0.2, -0.15) is 0 Å². The Kier molecular flexibility index (Phi) is 4.71. The summed E-state index contributed by atoms with van der Waals surface area (Å²) in [5.41, 5.74) is 0. The third-order valence-electron chi connectivity index (χ3n) is 1.99. The van der Waals surface area contributed by atoms with Gasteiger partial charge in [-0.15, -0.1) is 11.3 Å². The van der Waals surface area contributed by atoms with E-state index in [0.717, 1.165) is 5.01 Å². The van der Waals surface area contributed by atoms with Gasteiger partial charge in [0.05, 0.1) is 0 Å². The van der Waals surface area contributed by atoms with E-state index in [9.17, 15) is 4.79 Å². The highest BCUT2D eigenvalue weighted by Gasteiger charge is 2.18. The highest BCUT2D eigenvalue weighted by Crippen LogP contribution is 2.08. The van der Waals surface area contributed by atoms with Crippen LogP contribution in [0.5, 0.6) is 0 Å². The number of nitrogens with one attached hydrogen (secondary N) is 1. The fraction of sp³-hybridized carbons (Fsp3) is 0.600. The summed E-state index contributed by atoms with van der Waals surface area (Å²) in [6, 6.07) is -0.478. The maximum atomic E-state index is 10.9. The monoisotopic (exact) mass is 228 g/mol. The third kappa shape index (κ3) is 4.40. The lowest BCUT2D eigenvalue weighted by molar-refractivity contribution is -0.140. The number of carboxylic acids is 1. The van der Waals surface area contributed by atoms with Crippen LogP contribution in [0.3, 0.4) is 0 Å². The lowest BCUT2D eigenvalue weighted by Gasteiger charge is -2.15. The summed E-state index contributed by atoms with van der Waals surface area (Å²) in [6.45, 7) is 4.56. The van der Waals surface area contributed by atoms with Crippen LogP contribution in [-0.2, 0) is 11.3 Å². The first-order chi connectivity index (χ1) is 7.09. The molecule has 0 aromatic carbocycles. The van der Waals surface area contributed by atoms with E-state index in [4.69, 9.17) is 5.11 Å². The number of rotatable bonds is 6. The fourth-order valence-electron chi connectivity index (χ4n) is 1.29. The number of hydrogen-bond acceptors (Lipinski definition) is 4. The molecule has 1 atom stereocenters. The second-order valence-corrected chi connectivity index (χ2v) is 4.81. The Labute approximate surface area is 93.4 Å². The summed E-state index contributed by atoms with van der Waals surface area (Å²) >= 11 is 1.53. The number of thiazole rings is 1. The Morgan fingerprint density at radius 1 is 1.67 bits per heavy atom. The molecular weight excluding hydrogens is 212 g/mol. The minimum absolute atomic E-state index is 0.370. The van der Waals surface area contributed by atoms with Gasteiger partial charge in [0, 0.05) is 18.1 Å². The molecule has 0 aliphatic rings. The molecule has 0 fully saturated rings. The van der Waals surface area contributed by atoms with Crippen molar-refractivity contribution in [1.82, 2.24) is 10.3 Å². The molecule has 1 unspecified atom stereocenters. The second-order valence-electron chi connectivity index (χ2n) is 3.83. The lowest BCUT2D eigenvalue weighted by atomic mass is 10.0. The van der Waals surface area contributed by atoms with E-state index < -0.39 is 12.0 Å². The first kappa shape index (κ1) is 12.1. The lowest BCUT2D eigenvalue weighted by Crippen LogP contribution is -2.37. The average Bonchev–Trinajstić information content (AvgIpc) is 2.63. The SMILES string of the molecule is CC(C)CC(NCc1nccs1)C(=O)O. The predicted octanol–water partition coefficient (Wildman–Crippen LogP) is 1.73. The first-order valence-corrected chi connectivity index (χ1v) is 5.82. The van der Waals surface area contributed by atoms with Gasteiger partial charge in [0.1, 0.15) is 11.0 Å². The molecule has 5 heteroatoms. The van der Waals surface area contributed by atoms with Crippen LogP contribution in [0, 0.1) is 5.92 Å². The number of aliphatic carboxylic acids is 1. The molecule has 0 aliphatic heterocycles. The Morgan fingerprint density at radius 2 is 2.40 bits per heavy atom. The molecule has 0 amide bonds. The molecule has 1 rings (SSSR count). The van der Waals surface area contributed by atoms with Crippen molar-refractivity contribution >= 4 is 17.3 Å². The predicted molar refractivity (Wildman–Crippen MR) is 59.8 cm³/mol. The van der Waals surface area contributed by atoms with Gasteiger partial charge in [-0.05, 0) is 12.3 Å². The molecule has 0 aliphatic carbocycles. The standard InChI is InChI=1S/C10H16N2O2S/c1-7(2)5-8(10(13)14)12-6-9-11-3-4-15-9/h3-4,7-8,12H,5-6H2,1-2H3,(H,13,14). The molecule has 4 nitrogen and oxygen atoms in total. The van der Waals surface area contributed by atoms with Crippen LogP contribution in [0.2, 0.25) is 0 Å². The van der Waals surface area contributed by atoms with Gasteiger partial charge < -0.3 is 5.11 Å². The summed E-state index contributed by atoms with van der Waals surface area (Å²) in [7, 11) is 0. The van der Waals surface area contributed by atoms with Crippen molar-refractivity contribution in [2.24, 2.45) is 5.92 Å². The second kappa shape index (κ2) is 5.82. The molecule has 1 aromatic heterocycles. The topological polar surface area (TPSA) is 62.2 Å². The van der Waals surface area contributed by atoms with Crippen LogP contribution >= 0.6 is 11.3 Å². The maximum absolute atomic E-state index is 10.9. The van der Waals surface area contributed by atoms with E-state index in [1.807, 2.05) is 19.2 Å². The maximum Gasteiger partial charge on any atom is 0.320 e. The Morgan fingerprint density at radius 3 is 2.87 bits per heavy atom. The normalized spacial score (nSPS) is 13.0. The molecule has 0 saturated carbocycles. The molecule has 2 N–H and O–H groups in total. The largest absolute Gasteiger partial charge is 0.480 e.